The van der Waals surface area contributed by atoms with Gasteiger partial charge in [-0.25, -0.2) is 4.98 Å². The van der Waals surface area contributed by atoms with E-state index < -0.39 is 0 Å². The predicted octanol–water partition coefficient (Wildman–Crippen LogP) is 4.51. The molecule has 4 nitrogen and oxygen atoms in total. The number of hydrogen-bond donors (Lipinski definition) is 1. The fourth-order valence-electron chi connectivity index (χ4n) is 4.16. The Morgan fingerprint density at radius 2 is 1.88 bits per heavy atom. The number of imidazole rings is 2. The second kappa shape index (κ2) is 6.49. The molecule has 25 heavy (non-hydrogen) atoms. The third-order valence-electron chi connectivity index (χ3n) is 5.50. The third kappa shape index (κ3) is 3.20. The highest BCUT2D eigenvalue weighted by molar-refractivity contribution is 5.79. The SMILES string of the molecule is CC(C)(C)c1cn2c3ccccc3nc2n1CCNC1CCCCC1. The van der Waals surface area contributed by atoms with Crippen LogP contribution in [0, 0.1) is 0 Å². The Bertz CT molecular complexity index is 859. The largest absolute Gasteiger partial charge is 0.312 e. The Labute approximate surface area is 150 Å². The number of nitrogens with zero attached hydrogens (tertiary/aromatic N) is 3. The zero-order chi connectivity index (χ0) is 17.4. The van der Waals surface area contributed by atoms with Gasteiger partial charge in [-0.3, -0.25) is 4.40 Å². The molecule has 4 rings (SSSR count). The van der Waals surface area contributed by atoms with Gasteiger partial charge in [0.05, 0.1) is 11.0 Å². The molecule has 0 unspecified atom stereocenters. The minimum Gasteiger partial charge on any atom is -0.312 e. The van der Waals surface area contributed by atoms with Gasteiger partial charge in [0.25, 0.3) is 0 Å². The average molecular weight is 338 g/mol. The molecule has 134 valence electrons. The first-order valence-corrected chi connectivity index (χ1v) is 9.74. The molecule has 0 aliphatic heterocycles. The molecule has 0 spiro atoms. The van der Waals surface area contributed by atoms with Crippen molar-refractivity contribution >= 4 is 16.8 Å². The lowest BCUT2D eigenvalue weighted by molar-refractivity contribution is 0.366. The van der Waals surface area contributed by atoms with Crippen LogP contribution in [0.1, 0.15) is 58.6 Å². The molecular formula is C21H30N4. The van der Waals surface area contributed by atoms with Crippen LogP contribution in [0.2, 0.25) is 0 Å². The number of benzene rings is 1. The van der Waals surface area contributed by atoms with Crippen LogP contribution in [0.25, 0.3) is 16.8 Å². The van der Waals surface area contributed by atoms with Crippen molar-refractivity contribution in [1.29, 1.82) is 0 Å². The summed E-state index contributed by atoms with van der Waals surface area (Å²) in [5, 5.41) is 3.78. The smallest absolute Gasteiger partial charge is 0.215 e. The maximum atomic E-state index is 4.91. The van der Waals surface area contributed by atoms with Crippen molar-refractivity contribution < 1.29 is 0 Å². The lowest BCUT2D eigenvalue weighted by atomic mass is 9.92. The van der Waals surface area contributed by atoms with E-state index in [1.807, 2.05) is 0 Å². The lowest BCUT2D eigenvalue weighted by Gasteiger charge is -2.24. The van der Waals surface area contributed by atoms with Gasteiger partial charge in [0.15, 0.2) is 0 Å². The van der Waals surface area contributed by atoms with E-state index in [0.717, 1.165) is 24.4 Å². The van der Waals surface area contributed by atoms with Gasteiger partial charge in [0.2, 0.25) is 5.78 Å². The van der Waals surface area contributed by atoms with E-state index in [4.69, 9.17) is 4.98 Å². The number of hydrogen-bond acceptors (Lipinski definition) is 2. The van der Waals surface area contributed by atoms with E-state index in [0.29, 0.717) is 6.04 Å². The van der Waals surface area contributed by atoms with Gasteiger partial charge in [-0.2, -0.15) is 0 Å². The molecule has 1 fully saturated rings. The summed E-state index contributed by atoms with van der Waals surface area (Å²) in [5.74, 6) is 1.07. The molecule has 1 N–H and O–H groups in total. The molecule has 1 saturated carbocycles. The number of aromatic nitrogens is 3. The van der Waals surface area contributed by atoms with Gasteiger partial charge in [-0.1, -0.05) is 52.2 Å². The molecule has 0 bridgehead atoms. The van der Waals surface area contributed by atoms with Gasteiger partial charge in [-0.05, 0) is 25.0 Å². The Hall–Kier alpha value is -1.81. The normalized spacial score (nSPS) is 16.9. The summed E-state index contributed by atoms with van der Waals surface area (Å²) in [5.41, 5.74) is 3.73. The molecule has 2 heterocycles. The van der Waals surface area contributed by atoms with Crippen LogP contribution in [0.3, 0.4) is 0 Å². The summed E-state index contributed by atoms with van der Waals surface area (Å²) in [6, 6.07) is 9.12. The monoisotopic (exact) mass is 338 g/mol. The summed E-state index contributed by atoms with van der Waals surface area (Å²) in [7, 11) is 0. The highest BCUT2D eigenvalue weighted by Crippen LogP contribution is 2.27. The predicted molar refractivity (Wildman–Crippen MR) is 104 cm³/mol. The second-order valence-corrected chi connectivity index (χ2v) is 8.48. The van der Waals surface area contributed by atoms with Crippen LogP contribution < -0.4 is 5.32 Å². The lowest BCUT2D eigenvalue weighted by Crippen LogP contribution is -2.34. The topological polar surface area (TPSA) is 34.3 Å². The second-order valence-electron chi connectivity index (χ2n) is 8.48. The minimum absolute atomic E-state index is 0.104. The van der Waals surface area contributed by atoms with E-state index in [9.17, 15) is 0 Å². The number of nitrogens with one attached hydrogen (secondary N) is 1. The van der Waals surface area contributed by atoms with E-state index in [1.165, 1.54) is 43.3 Å². The maximum Gasteiger partial charge on any atom is 0.215 e. The van der Waals surface area contributed by atoms with Crippen molar-refractivity contribution in [3.8, 4) is 0 Å². The van der Waals surface area contributed by atoms with E-state index >= 15 is 0 Å². The molecule has 1 aliphatic carbocycles. The Balaban J connectivity index is 1.64. The van der Waals surface area contributed by atoms with Crippen molar-refractivity contribution in [3.63, 3.8) is 0 Å². The number of rotatable bonds is 4. The van der Waals surface area contributed by atoms with Crippen LogP contribution >= 0.6 is 0 Å². The summed E-state index contributed by atoms with van der Waals surface area (Å²) in [6.07, 6.45) is 9.12. The van der Waals surface area contributed by atoms with Gasteiger partial charge < -0.3 is 9.88 Å². The van der Waals surface area contributed by atoms with Gasteiger partial charge in [0, 0.05) is 36.4 Å². The van der Waals surface area contributed by atoms with E-state index in [-0.39, 0.29) is 5.41 Å². The zero-order valence-corrected chi connectivity index (χ0v) is 15.8. The first-order valence-electron chi connectivity index (χ1n) is 9.74. The minimum atomic E-state index is 0.104. The first-order chi connectivity index (χ1) is 12.0. The molecule has 0 saturated heterocycles. The fourth-order valence-corrected chi connectivity index (χ4v) is 4.16. The van der Waals surface area contributed by atoms with Gasteiger partial charge >= 0.3 is 0 Å². The molecule has 4 heteroatoms. The zero-order valence-electron chi connectivity index (χ0n) is 15.8. The molecule has 0 radical (unpaired) electrons. The molecule has 1 aromatic carbocycles. The van der Waals surface area contributed by atoms with Crippen LogP contribution in [0.4, 0.5) is 0 Å². The highest BCUT2D eigenvalue weighted by atomic mass is 15.2. The summed E-state index contributed by atoms with van der Waals surface area (Å²) in [4.78, 5) is 4.91. The van der Waals surface area contributed by atoms with E-state index in [2.05, 4.69) is 65.5 Å². The molecule has 0 atom stereocenters. The van der Waals surface area contributed by atoms with Gasteiger partial charge in [0.1, 0.15) is 0 Å². The van der Waals surface area contributed by atoms with Crippen molar-refractivity contribution in [2.24, 2.45) is 0 Å². The average Bonchev–Trinajstić information content (AvgIpc) is 3.12. The molecule has 2 aromatic heterocycles. The maximum absolute atomic E-state index is 4.91. The Morgan fingerprint density at radius 1 is 1.12 bits per heavy atom. The van der Waals surface area contributed by atoms with Gasteiger partial charge in [-0.15, -0.1) is 0 Å². The molecule has 1 aliphatic rings. The van der Waals surface area contributed by atoms with Crippen molar-refractivity contribution in [1.82, 2.24) is 19.3 Å². The number of para-hydroxylation sites is 2. The van der Waals surface area contributed by atoms with Crippen LogP contribution in [-0.4, -0.2) is 26.5 Å². The third-order valence-corrected chi connectivity index (χ3v) is 5.50. The summed E-state index contributed by atoms with van der Waals surface area (Å²) < 4.78 is 4.67. The van der Waals surface area contributed by atoms with Crippen LogP contribution in [0.5, 0.6) is 0 Å². The molecule has 0 amide bonds. The highest BCUT2D eigenvalue weighted by Gasteiger charge is 2.23. The fraction of sp³-hybridized carbons (Fsp3) is 0.571. The molecule has 3 aromatic rings. The Morgan fingerprint density at radius 3 is 2.64 bits per heavy atom. The van der Waals surface area contributed by atoms with E-state index in [1.54, 1.807) is 0 Å². The van der Waals surface area contributed by atoms with Crippen LogP contribution in [-0.2, 0) is 12.0 Å². The number of fused-ring (bicyclic) bond motifs is 3. The quantitative estimate of drug-likeness (QED) is 0.759. The first kappa shape index (κ1) is 16.6. The standard InChI is InChI=1S/C21H30N4/c1-21(2,3)19-15-25-18-12-8-7-11-17(18)23-20(25)24(19)14-13-22-16-9-5-4-6-10-16/h7-8,11-12,15-16,22H,4-6,9-10,13-14H2,1-3H3. The van der Waals surface area contributed by atoms with Crippen molar-refractivity contribution in [2.75, 3.05) is 6.54 Å². The molecular weight excluding hydrogens is 308 g/mol. The Kier molecular flexibility index (Phi) is 4.32. The van der Waals surface area contributed by atoms with Crippen molar-refractivity contribution in [2.45, 2.75) is 70.9 Å². The van der Waals surface area contributed by atoms with Crippen molar-refractivity contribution in [3.05, 3.63) is 36.2 Å². The summed E-state index contributed by atoms with van der Waals surface area (Å²) >= 11 is 0. The van der Waals surface area contributed by atoms with Crippen LogP contribution in [0.15, 0.2) is 30.5 Å². The summed E-state index contributed by atoms with van der Waals surface area (Å²) in [6.45, 7) is 8.85.